The van der Waals surface area contributed by atoms with E-state index in [0.717, 1.165) is 23.0 Å². The van der Waals surface area contributed by atoms with E-state index in [2.05, 4.69) is 0 Å². The number of benzene rings is 1. The van der Waals surface area contributed by atoms with Crippen molar-refractivity contribution < 1.29 is 9.59 Å². The molecule has 1 aromatic carbocycles. The Morgan fingerprint density at radius 3 is 2.42 bits per heavy atom. The number of nitrogen functional groups attached to an aromatic ring is 1. The van der Waals surface area contributed by atoms with E-state index in [9.17, 15) is 19.2 Å². The van der Waals surface area contributed by atoms with Crippen LogP contribution in [-0.4, -0.2) is 44.9 Å². The Bertz CT molecular complexity index is 1090. The van der Waals surface area contributed by atoms with E-state index >= 15 is 0 Å². The molecule has 3 rings (SSSR count). The van der Waals surface area contributed by atoms with Crippen LogP contribution in [0.2, 0.25) is 0 Å². The normalized spacial score (nSPS) is 17.1. The SMILES string of the molecule is CC(C)n1c(=O)c(C(=O)CN2CCCCC2C(N)=O)c(N)n(Cc2ccccc2)c1=O. The van der Waals surface area contributed by atoms with Crippen LogP contribution in [-0.2, 0) is 11.3 Å². The van der Waals surface area contributed by atoms with E-state index in [1.54, 1.807) is 18.7 Å². The molecule has 0 saturated carbocycles. The van der Waals surface area contributed by atoms with Crippen molar-refractivity contribution in [3.05, 3.63) is 62.3 Å². The van der Waals surface area contributed by atoms with Gasteiger partial charge in [0.2, 0.25) is 5.91 Å². The molecule has 1 fully saturated rings. The predicted molar refractivity (Wildman–Crippen MR) is 118 cm³/mol. The Balaban J connectivity index is 2.06. The van der Waals surface area contributed by atoms with Gasteiger partial charge in [-0.15, -0.1) is 0 Å². The number of aromatic nitrogens is 2. The third-order valence-electron chi connectivity index (χ3n) is 5.68. The molecule has 2 heterocycles. The van der Waals surface area contributed by atoms with Crippen molar-refractivity contribution in [2.45, 2.75) is 51.7 Å². The molecule has 1 aromatic heterocycles. The van der Waals surface area contributed by atoms with Crippen LogP contribution in [0, 0.1) is 0 Å². The summed E-state index contributed by atoms with van der Waals surface area (Å²) in [5.41, 5.74) is 11.0. The van der Waals surface area contributed by atoms with Gasteiger partial charge in [-0.2, -0.15) is 0 Å². The first kappa shape index (κ1) is 22.5. The van der Waals surface area contributed by atoms with E-state index in [-0.39, 0.29) is 24.5 Å². The molecule has 9 heteroatoms. The fourth-order valence-electron chi connectivity index (χ4n) is 4.09. The van der Waals surface area contributed by atoms with Gasteiger partial charge in [0.15, 0.2) is 5.78 Å². The van der Waals surface area contributed by atoms with Gasteiger partial charge in [-0.1, -0.05) is 36.8 Å². The van der Waals surface area contributed by atoms with Gasteiger partial charge in [0.25, 0.3) is 5.56 Å². The van der Waals surface area contributed by atoms with Crippen molar-refractivity contribution in [1.82, 2.24) is 14.0 Å². The minimum Gasteiger partial charge on any atom is -0.384 e. The lowest BCUT2D eigenvalue weighted by molar-refractivity contribution is -0.124. The molecule has 1 amide bonds. The Hall–Kier alpha value is -3.20. The van der Waals surface area contributed by atoms with Crippen LogP contribution in [0.15, 0.2) is 39.9 Å². The fraction of sp³-hybridized carbons (Fsp3) is 0.455. The molecule has 1 aliphatic rings. The molecule has 2 aromatic rings. The lowest BCUT2D eigenvalue weighted by Crippen LogP contribution is -2.51. The Kier molecular flexibility index (Phi) is 6.74. The number of piperidine rings is 1. The summed E-state index contributed by atoms with van der Waals surface area (Å²) in [6.07, 6.45) is 2.25. The summed E-state index contributed by atoms with van der Waals surface area (Å²) >= 11 is 0. The lowest BCUT2D eigenvalue weighted by Gasteiger charge is -2.33. The molecule has 4 N–H and O–H groups in total. The highest BCUT2D eigenvalue weighted by atomic mass is 16.2. The molecule has 31 heavy (non-hydrogen) atoms. The Morgan fingerprint density at radius 2 is 1.81 bits per heavy atom. The second-order valence-corrected chi connectivity index (χ2v) is 8.19. The van der Waals surface area contributed by atoms with E-state index in [4.69, 9.17) is 11.5 Å². The Labute approximate surface area is 180 Å². The monoisotopic (exact) mass is 427 g/mol. The zero-order valence-corrected chi connectivity index (χ0v) is 17.9. The minimum absolute atomic E-state index is 0.131. The van der Waals surface area contributed by atoms with E-state index in [1.807, 2.05) is 30.3 Å². The van der Waals surface area contributed by atoms with Gasteiger partial charge >= 0.3 is 5.69 Å². The quantitative estimate of drug-likeness (QED) is 0.626. The van der Waals surface area contributed by atoms with Gasteiger partial charge in [0.1, 0.15) is 11.4 Å². The lowest BCUT2D eigenvalue weighted by atomic mass is 10.0. The summed E-state index contributed by atoms with van der Waals surface area (Å²) in [5, 5.41) is 0. The number of likely N-dealkylation sites (tertiary alicyclic amines) is 1. The molecular weight excluding hydrogens is 398 g/mol. The third kappa shape index (κ3) is 4.61. The number of hydrogen-bond acceptors (Lipinski definition) is 6. The minimum atomic E-state index is -0.709. The average molecular weight is 428 g/mol. The number of nitrogens with zero attached hydrogens (tertiary/aromatic N) is 3. The van der Waals surface area contributed by atoms with Gasteiger partial charge in [0.05, 0.1) is 19.1 Å². The highest BCUT2D eigenvalue weighted by molar-refractivity contribution is 6.01. The molecule has 1 saturated heterocycles. The van der Waals surface area contributed by atoms with E-state index in [0.29, 0.717) is 13.0 Å². The van der Waals surface area contributed by atoms with Crippen molar-refractivity contribution in [2.24, 2.45) is 5.73 Å². The van der Waals surface area contributed by atoms with Gasteiger partial charge in [-0.25, -0.2) is 4.79 Å². The average Bonchev–Trinajstić information content (AvgIpc) is 2.72. The van der Waals surface area contributed by atoms with Crippen molar-refractivity contribution >= 4 is 17.5 Å². The van der Waals surface area contributed by atoms with Crippen LogP contribution in [0.5, 0.6) is 0 Å². The van der Waals surface area contributed by atoms with Gasteiger partial charge < -0.3 is 11.5 Å². The highest BCUT2D eigenvalue weighted by Crippen LogP contribution is 2.18. The van der Waals surface area contributed by atoms with Crippen LogP contribution in [0.1, 0.15) is 55.1 Å². The summed E-state index contributed by atoms with van der Waals surface area (Å²) in [7, 11) is 0. The number of carbonyl (C=O) groups excluding carboxylic acids is 2. The van der Waals surface area contributed by atoms with Crippen LogP contribution >= 0.6 is 0 Å². The first-order chi connectivity index (χ1) is 14.7. The van der Waals surface area contributed by atoms with Gasteiger partial charge in [0, 0.05) is 6.04 Å². The number of ketones is 1. The first-order valence-electron chi connectivity index (χ1n) is 10.5. The number of Topliss-reactive ketones (excluding diaryl/α,β-unsaturated/α-hetero) is 1. The third-order valence-corrected chi connectivity index (χ3v) is 5.68. The summed E-state index contributed by atoms with van der Waals surface area (Å²) in [6, 6.07) is 8.19. The summed E-state index contributed by atoms with van der Waals surface area (Å²) < 4.78 is 2.31. The number of carbonyl (C=O) groups is 2. The topological polar surface area (TPSA) is 133 Å². The molecule has 0 aliphatic carbocycles. The van der Waals surface area contributed by atoms with Crippen molar-refractivity contribution in [2.75, 3.05) is 18.8 Å². The molecule has 9 nitrogen and oxygen atoms in total. The van der Waals surface area contributed by atoms with Crippen LogP contribution < -0.4 is 22.7 Å². The number of anilines is 1. The van der Waals surface area contributed by atoms with Gasteiger partial charge in [-0.3, -0.25) is 28.4 Å². The highest BCUT2D eigenvalue weighted by Gasteiger charge is 2.31. The number of nitrogens with two attached hydrogens (primary N) is 2. The standard InChI is InChI=1S/C22H29N5O4/c1-14(2)27-21(30)18(17(28)13-25-11-7-6-10-16(25)20(24)29)19(23)26(22(27)31)12-15-8-4-3-5-9-15/h3-5,8-9,14,16H,6-7,10-13,23H2,1-2H3,(H2,24,29). The number of hydrogen-bond donors (Lipinski definition) is 2. The number of amides is 1. The number of primary amides is 1. The summed E-state index contributed by atoms with van der Waals surface area (Å²) in [4.78, 5) is 52.8. The first-order valence-corrected chi connectivity index (χ1v) is 10.5. The maximum atomic E-state index is 13.2. The van der Waals surface area contributed by atoms with Crippen LogP contribution in [0.4, 0.5) is 5.82 Å². The molecule has 0 radical (unpaired) electrons. The van der Waals surface area contributed by atoms with Crippen molar-refractivity contribution in [3.8, 4) is 0 Å². The summed E-state index contributed by atoms with van der Waals surface area (Å²) in [5.74, 6) is -1.17. The van der Waals surface area contributed by atoms with Crippen molar-refractivity contribution in [1.29, 1.82) is 0 Å². The fourth-order valence-corrected chi connectivity index (χ4v) is 4.09. The van der Waals surface area contributed by atoms with Crippen LogP contribution in [0.3, 0.4) is 0 Å². The van der Waals surface area contributed by atoms with Gasteiger partial charge in [-0.05, 0) is 38.8 Å². The van der Waals surface area contributed by atoms with E-state index in [1.165, 1.54) is 4.57 Å². The smallest absolute Gasteiger partial charge is 0.333 e. The van der Waals surface area contributed by atoms with Crippen molar-refractivity contribution in [3.63, 3.8) is 0 Å². The Morgan fingerprint density at radius 1 is 1.13 bits per heavy atom. The zero-order valence-electron chi connectivity index (χ0n) is 17.9. The second kappa shape index (κ2) is 9.30. The molecule has 1 unspecified atom stereocenters. The molecule has 1 aliphatic heterocycles. The maximum absolute atomic E-state index is 13.2. The molecule has 0 spiro atoms. The zero-order chi connectivity index (χ0) is 22.7. The molecule has 1 atom stereocenters. The predicted octanol–water partition coefficient (Wildman–Crippen LogP) is 0.744. The number of rotatable bonds is 7. The van der Waals surface area contributed by atoms with E-state index < -0.39 is 35.0 Å². The van der Waals surface area contributed by atoms with Crippen LogP contribution in [0.25, 0.3) is 0 Å². The molecule has 166 valence electrons. The largest absolute Gasteiger partial charge is 0.384 e. The second-order valence-electron chi connectivity index (χ2n) is 8.19. The summed E-state index contributed by atoms with van der Waals surface area (Å²) in [6.45, 7) is 3.91. The molecular formula is C22H29N5O4. The molecule has 0 bridgehead atoms. The maximum Gasteiger partial charge on any atom is 0.333 e.